The summed E-state index contributed by atoms with van der Waals surface area (Å²) >= 11 is 0. The van der Waals surface area contributed by atoms with E-state index in [0.717, 1.165) is 16.8 Å². The molecule has 4 rings (SSSR count). The van der Waals surface area contributed by atoms with E-state index in [-0.39, 0.29) is 18.4 Å². The van der Waals surface area contributed by atoms with Crippen LogP contribution in [0.5, 0.6) is 0 Å². The Morgan fingerprint density at radius 2 is 2.00 bits per heavy atom. The van der Waals surface area contributed by atoms with E-state index in [2.05, 4.69) is 26.2 Å². The molecule has 0 fully saturated rings. The van der Waals surface area contributed by atoms with Crippen molar-refractivity contribution in [3.05, 3.63) is 71.4 Å². The van der Waals surface area contributed by atoms with Gasteiger partial charge in [-0.05, 0) is 42.7 Å². The molecule has 0 unspecified atom stereocenters. The highest BCUT2D eigenvalue weighted by Gasteiger charge is 2.21. The molecular formula is C26H31N7O4. The van der Waals surface area contributed by atoms with Gasteiger partial charge in [0.25, 0.3) is 5.91 Å². The Morgan fingerprint density at radius 1 is 1.19 bits per heavy atom. The molecule has 1 aromatic carbocycles. The van der Waals surface area contributed by atoms with Gasteiger partial charge in [0.1, 0.15) is 11.8 Å². The minimum Gasteiger partial charge on any atom is -0.449 e. The van der Waals surface area contributed by atoms with Gasteiger partial charge in [0.2, 0.25) is 0 Å². The van der Waals surface area contributed by atoms with Crippen LogP contribution in [0.25, 0.3) is 5.52 Å². The van der Waals surface area contributed by atoms with E-state index in [1.54, 1.807) is 16.8 Å². The van der Waals surface area contributed by atoms with Crippen LogP contribution in [0.2, 0.25) is 0 Å². The Bertz CT molecular complexity index is 1420. The molecule has 0 saturated carbocycles. The minimum absolute atomic E-state index is 0.0382. The quantitative estimate of drug-likeness (QED) is 0.289. The zero-order valence-corrected chi connectivity index (χ0v) is 21.5. The van der Waals surface area contributed by atoms with Crippen LogP contribution in [0.3, 0.4) is 0 Å². The number of ether oxygens (including phenoxy) is 1. The summed E-state index contributed by atoms with van der Waals surface area (Å²) in [5, 5.41) is 10.5. The van der Waals surface area contributed by atoms with E-state index >= 15 is 0 Å². The number of aryl methyl sites for hydroxylation is 2. The highest BCUT2D eigenvalue weighted by Crippen LogP contribution is 2.34. The number of hydrogen-bond donors (Lipinski definition) is 3. The SMILES string of the molecule is CONC(=O)c1cc(Nc2ncnn3cc(NC(=O)OCCc4cccn4C)c(C(C)C)c23)ccc1C. The summed E-state index contributed by atoms with van der Waals surface area (Å²) in [7, 11) is 3.34. The molecule has 11 heteroatoms. The summed E-state index contributed by atoms with van der Waals surface area (Å²) in [6.45, 7) is 6.15. The van der Waals surface area contributed by atoms with E-state index in [1.165, 1.54) is 13.4 Å². The molecule has 0 aliphatic heterocycles. The van der Waals surface area contributed by atoms with Crippen molar-refractivity contribution in [3.63, 3.8) is 0 Å². The van der Waals surface area contributed by atoms with Crippen LogP contribution in [0, 0.1) is 6.92 Å². The van der Waals surface area contributed by atoms with Crippen molar-refractivity contribution >= 4 is 34.7 Å². The van der Waals surface area contributed by atoms with Crippen molar-refractivity contribution in [2.45, 2.75) is 33.1 Å². The van der Waals surface area contributed by atoms with E-state index < -0.39 is 6.09 Å². The number of nitrogens with one attached hydrogen (secondary N) is 3. The topological polar surface area (TPSA) is 124 Å². The van der Waals surface area contributed by atoms with Gasteiger partial charge in [0, 0.05) is 42.2 Å². The number of amides is 2. The van der Waals surface area contributed by atoms with E-state index in [4.69, 9.17) is 9.57 Å². The minimum atomic E-state index is -0.540. The summed E-state index contributed by atoms with van der Waals surface area (Å²) in [5.41, 5.74) is 7.51. The van der Waals surface area contributed by atoms with Crippen LogP contribution in [-0.4, -0.2) is 44.9 Å². The molecule has 0 aliphatic rings. The number of nitrogens with zero attached hydrogens (tertiary/aromatic N) is 4. The monoisotopic (exact) mass is 505 g/mol. The number of aromatic nitrogens is 4. The van der Waals surface area contributed by atoms with Gasteiger partial charge >= 0.3 is 6.09 Å². The number of hydrogen-bond acceptors (Lipinski definition) is 7. The summed E-state index contributed by atoms with van der Waals surface area (Å²) in [6, 6.07) is 9.37. The van der Waals surface area contributed by atoms with Crippen molar-refractivity contribution < 1.29 is 19.2 Å². The maximum Gasteiger partial charge on any atom is 0.411 e. The molecule has 194 valence electrons. The van der Waals surface area contributed by atoms with Gasteiger partial charge in [-0.15, -0.1) is 0 Å². The molecule has 0 aliphatic carbocycles. The summed E-state index contributed by atoms with van der Waals surface area (Å²) in [5.74, 6) is 0.223. The summed E-state index contributed by atoms with van der Waals surface area (Å²) < 4.78 is 9.08. The lowest BCUT2D eigenvalue weighted by Crippen LogP contribution is -2.22. The average Bonchev–Trinajstić information content (AvgIpc) is 3.43. The zero-order valence-electron chi connectivity index (χ0n) is 21.5. The normalized spacial score (nSPS) is 11.1. The second-order valence-corrected chi connectivity index (χ2v) is 8.92. The molecule has 11 nitrogen and oxygen atoms in total. The number of rotatable bonds is 9. The Balaban J connectivity index is 1.57. The van der Waals surface area contributed by atoms with E-state index in [1.807, 2.05) is 62.8 Å². The van der Waals surface area contributed by atoms with Gasteiger partial charge < -0.3 is 14.6 Å². The first-order valence-electron chi connectivity index (χ1n) is 11.9. The predicted octanol–water partition coefficient (Wildman–Crippen LogP) is 4.33. The number of fused-ring (bicyclic) bond motifs is 1. The molecule has 0 saturated heterocycles. The summed E-state index contributed by atoms with van der Waals surface area (Å²) in [4.78, 5) is 34.1. The van der Waals surface area contributed by atoms with Gasteiger partial charge in [0.15, 0.2) is 5.82 Å². The van der Waals surface area contributed by atoms with Crippen LogP contribution in [0.1, 0.15) is 46.9 Å². The largest absolute Gasteiger partial charge is 0.449 e. The standard InChI is InChI=1S/C26H31N7O4/c1-16(2)22-21(30-26(35)37-12-10-19-7-6-11-32(19)4)14-33-23(22)24(27-15-28-33)29-18-9-8-17(3)20(13-18)25(34)31-36-5/h6-9,11,13-16H,10,12H2,1-5H3,(H,30,35)(H,31,34)(H,27,28,29). The molecule has 3 N–H and O–H groups in total. The number of anilines is 3. The van der Waals surface area contributed by atoms with Gasteiger partial charge in [-0.3, -0.25) is 14.9 Å². The van der Waals surface area contributed by atoms with Crippen molar-refractivity contribution in [1.82, 2.24) is 24.6 Å². The van der Waals surface area contributed by atoms with Crippen molar-refractivity contribution in [2.24, 2.45) is 7.05 Å². The fraction of sp³-hybridized carbons (Fsp3) is 0.308. The van der Waals surface area contributed by atoms with E-state index in [9.17, 15) is 9.59 Å². The Labute approximate surface area is 214 Å². The van der Waals surface area contributed by atoms with Crippen LogP contribution in [0.4, 0.5) is 22.0 Å². The highest BCUT2D eigenvalue weighted by molar-refractivity contribution is 5.96. The molecule has 4 aromatic rings. The number of benzene rings is 1. The highest BCUT2D eigenvalue weighted by atomic mass is 16.6. The molecule has 0 atom stereocenters. The molecular weight excluding hydrogens is 474 g/mol. The van der Waals surface area contributed by atoms with Crippen molar-refractivity contribution in [1.29, 1.82) is 0 Å². The zero-order chi connectivity index (χ0) is 26.5. The van der Waals surface area contributed by atoms with Crippen molar-refractivity contribution in [2.75, 3.05) is 24.4 Å². The molecule has 2 amide bonds. The molecule has 0 bridgehead atoms. The fourth-order valence-corrected chi connectivity index (χ4v) is 4.19. The number of carbonyl (C=O) groups excluding carboxylic acids is 2. The van der Waals surface area contributed by atoms with Crippen molar-refractivity contribution in [3.8, 4) is 0 Å². The van der Waals surface area contributed by atoms with Gasteiger partial charge in [-0.25, -0.2) is 19.8 Å². The first-order chi connectivity index (χ1) is 17.8. The van der Waals surface area contributed by atoms with Gasteiger partial charge in [0.05, 0.1) is 25.6 Å². The molecule has 0 spiro atoms. The Hall–Kier alpha value is -4.38. The second-order valence-electron chi connectivity index (χ2n) is 8.92. The number of hydroxylamine groups is 1. The smallest absolute Gasteiger partial charge is 0.411 e. The number of carbonyl (C=O) groups is 2. The fourth-order valence-electron chi connectivity index (χ4n) is 4.19. The Kier molecular flexibility index (Phi) is 7.73. The lowest BCUT2D eigenvalue weighted by atomic mass is 10.0. The first kappa shape index (κ1) is 25.7. The molecule has 37 heavy (non-hydrogen) atoms. The lowest BCUT2D eigenvalue weighted by Gasteiger charge is -2.13. The van der Waals surface area contributed by atoms with E-state index in [0.29, 0.717) is 34.7 Å². The van der Waals surface area contributed by atoms with Crippen LogP contribution >= 0.6 is 0 Å². The maximum absolute atomic E-state index is 12.6. The second kappa shape index (κ2) is 11.1. The van der Waals surface area contributed by atoms with Gasteiger partial charge in [-0.1, -0.05) is 19.9 Å². The molecule has 3 aromatic heterocycles. The third kappa shape index (κ3) is 5.72. The van der Waals surface area contributed by atoms with Crippen LogP contribution < -0.4 is 16.1 Å². The molecule has 3 heterocycles. The third-order valence-corrected chi connectivity index (χ3v) is 6.01. The average molecular weight is 506 g/mol. The molecule has 0 radical (unpaired) electrons. The maximum atomic E-state index is 12.6. The Morgan fingerprint density at radius 3 is 2.70 bits per heavy atom. The lowest BCUT2D eigenvalue weighted by molar-refractivity contribution is 0.0537. The third-order valence-electron chi connectivity index (χ3n) is 6.01. The summed E-state index contributed by atoms with van der Waals surface area (Å²) in [6.07, 6.45) is 5.19. The van der Waals surface area contributed by atoms with Gasteiger partial charge in [-0.2, -0.15) is 5.10 Å². The predicted molar refractivity (Wildman–Crippen MR) is 140 cm³/mol. The van der Waals surface area contributed by atoms with Crippen LogP contribution in [-0.2, 0) is 23.0 Å². The first-order valence-corrected chi connectivity index (χ1v) is 11.9. The van der Waals surface area contributed by atoms with Crippen LogP contribution in [0.15, 0.2) is 49.1 Å².